The molecule has 8 heteroatoms. The minimum Gasteiger partial charge on any atom is -0.383 e. The van der Waals surface area contributed by atoms with Gasteiger partial charge in [-0.2, -0.15) is 4.31 Å². The molecule has 31 heavy (non-hydrogen) atoms. The van der Waals surface area contributed by atoms with E-state index < -0.39 is 16.1 Å². The number of amides is 1. The summed E-state index contributed by atoms with van der Waals surface area (Å²) in [7, 11) is -3.49. The summed E-state index contributed by atoms with van der Waals surface area (Å²) in [6, 6.07) is 19.2. The number of rotatable bonds is 7. The SMILES string of the molecule is O=C(NCc1ccc(C(O)c2ccccc2)s1)c1ccc(S(=O)(=O)N2CCCC2)cc1. The number of nitrogens with zero attached hydrogens (tertiary/aromatic N) is 1. The topological polar surface area (TPSA) is 86.7 Å². The molecule has 1 fully saturated rings. The summed E-state index contributed by atoms with van der Waals surface area (Å²) in [4.78, 5) is 14.4. The van der Waals surface area contributed by atoms with Crippen molar-refractivity contribution in [2.24, 2.45) is 0 Å². The van der Waals surface area contributed by atoms with Crippen molar-refractivity contribution >= 4 is 27.3 Å². The molecule has 0 spiro atoms. The lowest BCUT2D eigenvalue weighted by Gasteiger charge is -2.15. The number of hydrogen-bond donors (Lipinski definition) is 2. The van der Waals surface area contributed by atoms with E-state index in [9.17, 15) is 18.3 Å². The highest BCUT2D eigenvalue weighted by molar-refractivity contribution is 7.89. The molecular formula is C23H24N2O4S2. The molecule has 2 heterocycles. The molecule has 0 saturated carbocycles. The lowest BCUT2D eigenvalue weighted by molar-refractivity contribution is 0.0951. The minimum atomic E-state index is -3.49. The van der Waals surface area contributed by atoms with Crippen LogP contribution in [0.1, 0.15) is 44.6 Å². The van der Waals surface area contributed by atoms with Gasteiger partial charge in [0.15, 0.2) is 0 Å². The number of carbonyl (C=O) groups excluding carboxylic acids is 1. The van der Waals surface area contributed by atoms with Gasteiger partial charge in [0.1, 0.15) is 6.10 Å². The first-order valence-electron chi connectivity index (χ1n) is 10.2. The van der Waals surface area contributed by atoms with Crippen LogP contribution in [-0.4, -0.2) is 36.8 Å². The fourth-order valence-electron chi connectivity index (χ4n) is 3.56. The maximum absolute atomic E-state index is 12.6. The van der Waals surface area contributed by atoms with Crippen LogP contribution >= 0.6 is 11.3 Å². The molecular weight excluding hydrogens is 432 g/mol. The van der Waals surface area contributed by atoms with Crippen molar-refractivity contribution in [1.82, 2.24) is 9.62 Å². The summed E-state index contributed by atoms with van der Waals surface area (Å²) >= 11 is 1.44. The Bertz CT molecular complexity index is 1140. The molecule has 4 rings (SSSR count). The van der Waals surface area contributed by atoms with Gasteiger partial charge in [0.05, 0.1) is 11.4 Å². The highest BCUT2D eigenvalue weighted by atomic mass is 32.2. The molecule has 1 unspecified atom stereocenters. The molecule has 1 saturated heterocycles. The van der Waals surface area contributed by atoms with Gasteiger partial charge in [-0.05, 0) is 54.8 Å². The number of carbonyl (C=O) groups is 1. The number of thiophene rings is 1. The van der Waals surface area contributed by atoms with E-state index in [2.05, 4.69) is 5.32 Å². The van der Waals surface area contributed by atoms with Crippen molar-refractivity contribution < 1.29 is 18.3 Å². The van der Waals surface area contributed by atoms with E-state index in [0.717, 1.165) is 28.2 Å². The second-order valence-electron chi connectivity index (χ2n) is 7.44. The molecule has 1 aliphatic heterocycles. The maximum atomic E-state index is 12.6. The molecule has 0 aliphatic carbocycles. The van der Waals surface area contributed by atoms with E-state index in [1.54, 1.807) is 0 Å². The zero-order chi connectivity index (χ0) is 21.8. The molecule has 1 atom stereocenters. The largest absolute Gasteiger partial charge is 0.383 e. The Labute approximate surface area is 186 Å². The summed E-state index contributed by atoms with van der Waals surface area (Å²) in [6.07, 6.45) is 1.07. The predicted molar refractivity (Wildman–Crippen MR) is 120 cm³/mol. The normalized spacial score (nSPS) is 15.6. The first-order valence-corrected chi connectivity index (χ1v) is 12.4. The average Bonchev–Trinajstić information content (AvgIpc) is 3.50. The Hall–Kier alpha value is -2.52. The Morgan fingerprint density at radius 2 is 1.68 bits per heavy atom. The molecule has 162 valence electrons. The number of hydrogen-bond acceptors (Lipinski definition) is 5. The smallest absolute Gasteiger partial charge is 0.251 e. The molecule has 3 aromatic rings. The van der Waals surface area contributed by atoms with E-state index in [1.807, 2.05) is 42.5 Å². The zero-order valence-corrected chi connectivity index (χ0v) is 18.5. The summed E-state index contributed by atoms with van der Waals surface area (Å²) in [5.74, 6) is -0.274. The summed E-state index contributed by atoms with van der Waals surface area (Å²) in [5, 5.41) is 13.4. The monoisotopic (exact) mass is 456 g/mol. The van der Waals surface area contributed by atoms with Gasteiger partial charge in [-0.3, -0.25) is 4.79 Å². The third kappa shape index (κ3) is 4.88. The van der Waals surface area contributed by atoms with Crippen LogP contribution in [0.25, 0.3) is 0 Å². The van der Waals surface area contributed by atoms with Crippen molar-refractivity contribution in [3.05, 3.63) is 87.6 Å². The van der Waals surface area contributed by atoms with E-state index in [1.165, 1.54) is 39.9 Å². The summed E-state index contributed by atoms with van der Waals surface area (Å²) < 4.78 is 26.7. The second kappa shape index (κ2) is 9.32. The summed E-state index contributed by atoms with van der Waals surface area (Å²) in [6.45, 7) is 1.43. The lowest BCUT2D eigenvalue weighted by atomic mass is 10.1. The predicted octanol–water partition coefficient (Wildman–Crippen LogP) is 3.54. The van der Waals surface area contributed by atoms with E-state index in [-0.39, 0.29) is 10.8 Å². The first kappa shape index (κ1) is 21.7. The van der Waals surface area contributed by atoms with Crippen LogP contribution < -0.4 is 5.32 Å². The van der Waals surface area contributed by atoms with Crippen molar-refractivity contribution in [3.8, 4) is 0 Å². The molecule has 2 aromatic carbocycles. The number of nitrogens with one attached hydrogen (secondary N) is 1. The molecule has 1 aliphatic rings. The van der Waals surface area contributed by atoms with Crippen LogP contribution in [0.4, 0.5) is 0 Å². The Morgan fingerprint density at radius 3 is 2.35 bits per heavy atom. The van der Waals surface area contributed by atoms with Gasteiger partial charge in [0.25, 0.3) is 5.91 Å². The maximum Gasteiger partial charge on any atom is 0.251 e. The molecule has 1 amide bonds. The third-order valence-electron chi connectivity index (χ3n) is 5.31. The lowest BCUT2D eigenvalue weighted by Crippen LogP contribution is -2.28. The zero-order valence-electron chi connectivity index (χ0n) is 16.9. The van der Waals surface area contributed by atoms with Crippen molar-refractivity contribution in [2.45, 2.75) is 30.4 Å². The van der Waals surface area contributed by atoms with Crippen molar-refractivity contribution in [3.63, 3.8) is 0 Å². The molecule has 6 nitrogen and oxygen atoms in total. The quantitative estimate of drug-likeness (QED) is 0.569. The Morgan fingerprint density at radius 1 is 1.00 bits per heavy atom. The van der Waals surface area contributed by atoms with E-state index in [4.69, 9.17) is 0 Å². The fraction of sp³-hybridized carbons (Fsp3) is 0.261. The van der Waals surface area contributed by atoms with E-state index >= 15 is 0 Å². The second-order valence-corrected chi connectivity index (χ2v) is 10.6. The van der Waals surface area contributed by atoms with Crippen LogP contribution in [0, 0.1) is 0 Å². The molecule has 0 bridgehead atoms. The summed E-state index contributed by atoms with van der Waals surface area (Å²) in [5.41, 5.74) is 1.23. The number of aliphatic hydroxyl groups excluding tert-OH is 1. The fourth-order valence-corrected chi connectivity index (χ4v) is 6.05. The van der Waals surface area contributed by atoms with Gasteiger partial charge >= 0.3 is 0 Å². The third-order valence-corrected chi connectivity index (χ3v) is 8.36. The van der Waals surface area contributed by atoms with Crippen LogP contribution in [0.3, 0.4) is 0 Å². The van der Waals surface area contributed by atoms with Crippen LogP contribution in [0.5, 0.6) is 0 Å². The van der Waals surface area contributed by atoms with Gasteiger partial charge in [-0.1, -0.05) is 30.3 Å². The van der Waals surface area contributed by atoms with Gasteiger partial charge in [0.2, 0.25) is 10.0 Å². The Kier molecular flexibility index (Phi) is 6.52. The number of benzene rings is 2. The van der Waals surface area contributed by atoms with Gasteiger partial charge in [-0.15, -0.1) is 11.3 Å². The number of aliphatic hydroxyl groups is 1. The number of sulfonamides is 1. The first-order chi connectivity index (χ1) is 14.9. The van der Waals surface area contributed by atoms with Crippen molar-refractivity contribution in [2.75, 3.05) is 13.1 Å². The highest BCUT2D eigenvalue weighted by Gasteiger charge is 2.27. The van der Waals surface area contributed by atoms with Crippen LogP contribution in [0.15, 0.2) is 71.6 Å². The Balaban J connectivity index is 1.36. The molecule has 2 N–H and O–H groups in total. The van der Waals surface area contributed by atoms with Gasteiger partial charge < -0.3 is 10.4 Å². The van der Waals surface area contributed by atoms with E-state index in [0.29, 0.717) is 25.2 Å². The van der Waals surface area contributed by atoms with Gasteiger partial charge in [0, 0.05) is 28.4 Å². The minimum absolute atomic E-state index is 0.212. The molecule has 1 aromatic heterocycles. The highest BCUT2D eigenvalue weighted by Crippen LogP contribution is 2.28. The van der Waals surface area contributed by atoms with Gasteiger partial charge in [-0.25, -0.2) is 8.42 Å². The van der Waals surface area contributed by atoms with Crippen molar-refractivity contribution in [1.29, 1.82) is 0 Å². The van der Waals surface area contributed by atoms with Crippen LogP contribution in [-0.2, 0) is 16.6 Å². The average molecular weight is 457 g/mol. The molecule has 0 radical (unpaired) electrons. The standard InChI is InChI=1S/C23H24N2O4S2/c26-22(17-6-2-1-3-7-17)21-13-10-19(30-21)16-24-23(27)18-8-11-20(12-9-18)31(28,29)25-14-4-5-15-25/h1-3,6-13,22,26H,4-5,14-16H2,(H,24,27). The van der Waals surface area contributed by atoms with Crippen LogP contribution in [0.2, 0.25) is 0 Å².